The van der Waals surface area contributed by atoms with E-state index in [0.717, 1.165) is 43.7 Å². The summed E-state index contributed by atoms with van der Waals surface area (Å²) < 4.78 is 25.1. The van der Waals surface area contributed by atoms with Crippen LogP contribution in [0.4, 0.5) is 0 Å². The second kappa shape index (κ2) is 6.16. The molecule has 4 bridgehead atoms. The number of terminal acetylenes is 1. The van der Waals surface area contributed by atoms with Crippen molar-refractivity contribution in [3.05, 3.63) is 23.3 Å². The number of rotatable bonds is 5. The van der Waals surface area contributed by atoms with E-state index in [9.17, 15) is 0 Å². The monoisotopic (exact) mass is 409 g/mol. The minimum absolute atomic E-state index is 0.00140. The van der Waals surface area contributed by atoms with Crippen LogP contribution in [0, 0.1) is 23.7 Å². The maximum Gasteiger partial charge on any atom is 0.165 e. The average molecular weight is 410 g/mol. The fraction of sp³-hybridized carbons (Fsp3) is 0.680. The summed E-state index contributed by atoms with van der Waals surface area (Å²) in [7, 11) is 5.92. The Morgan fingerprint density at radius 1 is 1.27 bits per heavy atom. The van der Waals surface area contributed by atoms with E-state index in [2.05, 4.69) is 30.0 Å². The molecule has 7 rings (SSSR count). The average Bonchev–Trinajstić information content (AvgIpc) is 3.13. The number of benzene rings is 1. The van der Waals surface area contributed by atoms with Crippen LogP contribution in [-0.2, 0) is 21.3 Å². The molecule has 1 saturated heterocycles. The van der Waals surface area contributed by atoms with Crippen molar-refractivity contribution in [2.75, 3.05) is 41.0 Å². The van der Waals surface area contributed by atoms with Crippen LogP contribution in [0.25, 0.3) is 0 Å². The van der Waals surface area contributed by atoms with Gasteiger partial charge in [0.2, 0.25) is 0 Å². The van der Waals surface area contributed by atoms with Crippen molar-refractivity contribution < 1.29 is 18.9 Å². The molecule has 160 valence electrons. The minimum atomic E-state index is -0.352. The molecule has 2 unspecified atom stereocenters. The molecule has 2 aliphatic heterocycles. The first kappa shape index (κ1) is 19.0. The Hall–Kier alpha value is -1.74. The van der Waals surface area contributed by atoms with Gasteiger partial charge < -0.3 is 23.8 Å². The Kier molecular flexibility index (Phi) is 3.90. The summed E-state index contributed by atoms with van der Waals surface area (Å²) in [4.78, 5) is 2.61. The molecular formula is C25H31NO4. The Balaban J connectivity index is 1.58. The van der Waals surface area contributed by atoms with Gasteiger partial charge in [-0.2, -0.15) is 0 Å². The molecule has 1 aromatic carbocycles. The van der Waals surface area contributed by atoms with Crippen molar-refractivity contribution in [1.29, 1.82) is 0 Å². The Bertz CT molecular complexity index is 940. The van der Waals surface area contributed by atoms with Gasteiger partial charge in [0.1, 0.15) is 18.3 Å². The summed E-state index contributed by atoms with van der Waals surface area (Å²) in [5, 5.41) is 0. The Morgan fingerprint density at radius 2 is 2.13 bits per heavy atom. The first-order valence-corrected chi connectivity index (χ1v) is 11.2. The van der Waals surface area contributed by atoms with E-state index in [4.69, 9.17) is 25.4 Å². The molecule has 0 N–H and O–H groups in total. The van der Waals surface area contributed by atoms with Gasteiger partial charge >= 0.3 is 0 Å². The highest BCUT2D eigenvalue weighted by molar-refractivity contribution is 5.63. The van der Waals surface area contributed by atoms with E-state index in [-0.39, 0.29) is 28.5 Å². The first-order chi connectivity index (χ1) is 14.6. The van der Waals surface area contributed by atoms with Crippen molar-refractivity contribution in [2.45, 2.75) is 55.3 Å². The van der Waals surface area contributed by atoms with E-state index >= 15 is 0 Å². The third kappa shape index (κ3) is 1.89. The van der Waals surface area contributed by atoms with Gasteiger partial charge in [0.15, 0.2) is 11.5 Å². The van der Waals surface area contributed by atoms with Crippen LogP contribution < -0.4 is 9.47 Å². The van der Waals surface area contributed by atoms with Crippen LogP contribution in [0.3, 0.4) is 0 Å². The summed E-state index contributed by atoms with van der Waals surface area (Å²) in [6.45, 7) is 2.08. The van der Waals surface area contributed by atoms with Crippen LogP contribution in [0.1, 0.15) is 36.8 Å². The van der Waals surface area contributed by atoms with E-state index in [1.807, 2.05) is 7.11 Å². The molecule has 6 atom stereocenters. The molecule has 5 nitrogen and oxygen atoms in total. The molecule has 1 aromatic rings. The Labute approximate surface area is 179 Å². The van der Waals surface area contributed by atoms with Gasteiger partial charge in [-0.25, -0.2) is 0 Å². The predicted molar refractivity (Wildman–Crippen MR) is 113 cm³/mol. The molecule has 0 radical (unpaired) electrons. The fourth-order valence-electron chi connectivity index (χ4n) is 8.44. The molecule has 2 heterocycles. The van der Waals surface area contributed by atoms with Crippen molar-refractivity contribution in [1.82, 2.24) is 4.90 Å². The van der Waals surface area contributed by atoms with Gasteiger partial charge in [-0.3, -0.25) is 0 Å². The molecule has 30 heavy (non-hydrogen) atoms. The van der Waals surface area contributed by atoms with Crippen LogP contribution in [-0.4, -0.2) is 63.7 Å². The maximum atomic E-state index is 6.93. The number of nitrogens with zero attached hydrogens (tertiary/aromatic N) is 1. The number of fused-ring (bicyclic) bond motifs is 2. The highest BCUT2D eigenvalue weighted by Crippen LogP contribution is 2.76. The molecule has 3 saturated carbocycles. The summed E-state index contributed by atoms with van der Waals surface area (Å²) >= 11 is 0. The molecular weight excluding hydrogens is 378 g/mol. The summed E-state index contributed by atoms with van der Waals surface area (Å²) in [5.74, 6) is 4.72. The highest BCUT2D eigenvalue weighted by Gasteiger charge is 2.80. The van der Waals surface area contributed by atoms with Crippen LogP contribution in [0.5, 0.6) is 11.5 Å². The van der Waals surface area contributed by atoms with E-state index < -0.39 is 0 Å². The van der Waals surface area contributed by atoms with E-state index in [1.54, 1.807) is 7.11 Å². The third-order valence-corrected chi connectivity index (χ3v) is 9.48. The van der Waals surface area contributed by atoms with E-state index in [0.29, 0.717) is 19.3 Å². The van der Waals surface area contributed by atoms with Gasteiger partial charge in [0.25, 0.3) is 0 Å². The smallest absolute Gasteiger partial charge is 0.165 e. The first-order valence-electron chi connectivity index (χ1n) is 11.2. The summed E-state index contributed by atoms with van der Waals surface area (Å²) in [6.07, 6.45) is 10.9. The van der Waals surface area contributed by atoms with Gasteiger partial charge in [-0.1, -0.05) is 12.0 Å². The lowest BCUT2D eigenvalue weighted by molar-refractivity contribution is -0.281. The molecule has 0 aromatic heterocycles. The minimum Gasteiger partial charge on any atom is -0.493 e. The number of ether oxygens (including phenoxy) is 4. The van der Waals surface area contributed by atoms with Crippen LogP contribution in [0.15, 0.2) is 12.1 Å². The van der Waals surface area contributed by atoms with Gasteiger partial charge in [-0.15, -0.1) is 6.42 Å². The molecule has 2 spiro atoms. The lowest BCUT2D eigenvalue weighted by atomic mass is 9.35. The van der Waals surface area contributed by atoms with Crippen molar-refractivity contribution in [3.8, 4) is 23.8 Å². The van der Waals surface area contributed by atoms with Crippen LogP contribution in [0.2, 0.25) is 0 Å². The van der Waals surface area contributed by atoms with Crippen LogP contribution >= 0.6 is 0 Å². The SMILES string of the molecule is C#CCOC[C@H]1CC23CC[C@]1(OC)[C@@H]1Oc4c(OC)ccc5c4C12CCN(C)[C@@H]3C5. The highest BCUT2D eigenvalue weighted by atomic mass is 16.6. The zero-order valence-electron chi connectivity index (χ0n) is 18.2. The fourth-order valence-corrected chi connectivity index (χ4v) is 8.44. The molecule has 4 fully saturated rings. The zero-order chi connectivity index (χ0) is 20.7. The maximum absolute atomic E-state index is 6.93. The third-order valence-electron chi connectivity index (χ3n) is 9.48. The second-order valence-electron chi connectivity index (χ2n) is 9.99. The summed E-state index contributed by atoms with van der Waals surface area (Å²) in [5.41, 5.74) is 2.70. The summed E-state index contributed by atoms with van der Waals surface area (Å²) in [6, 6.07) is 4.89. The van der Waals surface area contributed by atoms with E-state index in [1.165, 1.54) is 17.5 Å². The quantitative estimate of drug-likeness (QED) is 0.553. The Morgan fingerprint density at radius 3 is 2.90 bits per heavy atom. The van der Waals surface area contributed by atoms with Crippen molar-refractivity contribution in [2.24, 2.45) is 11.3 Å². The predicted octanol–water partition coefficient (Wildman–Crippen LogP) is 2.79. The number of methoxy groups -OCH3 is 2. The second-order valence-corrected chi connectivity index (χ2v) is 9.99. The van der Waals surface area contributed by atoms with Gasteiger partial charge in [0, 0.05) is 35.5 Å². The lowest BCUT2D eigenvalue weighted by Crippen LogP contribution is -2.81. The lowest BCUT2D eigenvalue weighted by Gasteiger charge is -2.73. The topological polar surface area (TPSA) is 40.2 Å². The normalized spacial score (nSPS) is 42.4. The number of hydrogen-bond acceptors (Lipinski definition) is 5. The number of hydrogen-bond donors (Lipinski definition) is 0. The van der Waals surface area contributed by atoms with Gasteiger partial charge in [-0.05, 0) is 57.3 Å². The van der Waals surface area contributed by atoms with Gasteiger partial charge in [0.05, 0.1) is 13.7 Å². The standard InChI is InChI=1S/C25H31NO4/c1-5-12-29-15-17-14-23-8-9-25(17,28-4)22-24(23)10-11-26(2)19(23)13-16-6-7-18(27-3)21(30-22)20(16)24/h1,6-7,17,19,22H,8-15H2,2-4H3/t17-,19-,22-,23?,24?,25-/m1/s1. The van der Waals surface area contributed by atoms with Crippen molar-refractivity contribution in [3.63, 3.8) is 0 Å². The zero-order valence-corrected chi connectivity index (χ0v) is 18.2. The molecule has 4 aliphatic carbocycles. The molecule has 5 heteroatoms. The number of piperidine rings is 1. The molecule has 0 amide bonds. The number of likely N-dealkylation sites (N-methyl/N-ethyl adjacent to an activating group) is 1. The largest absolute Gasteiger partial charge is 0.493 e. The number of likely N-dealkylation sites (tertiary alicyclic amines) is 1. The molecule has 6 aliphatic rings. The van der Waals surface area contributed by atoms with Crippen molar-refractivity contribution >= 4 is 0 Å².